The molecule has 0 aromatic heterocycles. The van der Waals surface area contributed by atoms with Gasteiger partial charge >= 0.3 is 5.97 Å². The number of allylic oxidation sites excluding steroid dienone is 1. The highest BCUT2D eigenvalue weighted by molar-refractivity contribution is 6.22. The van der Waals surface area contributed by atoms with E-state index in [1.165, 1.54) is 0 Å². The lowest BCUT2D eigenvalue weighted by molar-refractivity contribution is -0.132. The Morgan fingerprint density at radius 2 is 1.84 bits per heavy atom. The van der Waals surface area contributed by atoms with Gasteiger partial charge in [0.05, 0.1) is 5.38 Å². The number of hydrogen-bond acceptors (Lipinski definition) is 3. The van der Waals surface area contributed by atoms with Gasteiger partial charge in [-0.15, -0.1) is 11.6 Å². The zero-order chi connectivity index (χ0) is 15.6. The first-order valence-electron chi connectivity index (χ1n) is 5.73. The maximum absolute atomic E-state index is 10.4. The molecule has 3 N–H and O–H groups in total. The highest BCUT2D eigenvalue weighted by Crippen LogP contribution is 2.07. The molecule has 1 unspecified atom stereocenters. The topological polar surface area (TPSA) is 83.6 Å². The molecule has 0 aliphatic heterocycles. The first-order chi connectivity index (χ1) is 8.57. The Bertz CT molecular complexity index is 340. The molecule has 0 radical (unpaired) electrons. The molecule has 1 amide bonds. The van der Waals surface area contributed by atoms with Crippen LogP contribution in [0.2, 0.25) is 0 Å². The van der Waals surface area contributed by atoms with Gasteiger partial charge in [-0.25, -0.2) is 4.79 Å². The Hall–Kier alpha value is -1.33. The summed E-state index contributed by atoms with van der Waals surface area (Å²) in [6.07, 6.45) is 2.34. The van der Waals surface area contributed by atoms with Crippen LogP contribution in [0.4, 0.5) is 0 Å². The van der Waals surface area contributed by atoms with Gasteiger partial charge in [0.15, 0.2) is 0 Å². The number of primary amides is 1. The highest BCUT2D eigenvalue weighted by atomic mass is 35.5. The summed E-state index contributed by atoms with van der Waals surface area (Å²) in [5, 5.41) is 8.38. The van der Waals surface area contributed by atoms with Gasteiger partial charge < -0.3 is 15.7 Å². The number of carbonyl (C=O) groups is 2. The quantitative estimate of drug-likeness (QED) is 0.575. The fourth-order valence-electron chi connectivity index (χ4n) is 0.807. The third kappa shape index (κ3) is 14.6. The number of amides is 1. The number of halogens is 1. The molecular weight excluding hydrogens is 268 g/mol. The lowest BCUT2D eigenvalue weighted by Gasteiger charge is -2.10. The summed E-state index contributed by atoms with van der Waals surface area (Å²) in [5.74, 6) is -1.34. The summed E-state index contributed by atoms with van der Waals surface area (Å²) in [4.78, 5) is 22.3. The monoisotopic (exact) mass is 290 g/mol. The number of rotatable bonds is 6. The zero-order valence-corrected chi connectivity index (χ0v) is 12.7. The molecular formula is C13H23ClN2O3. The van der Waals surface area contributed by atoms with Crippen molar-refractivity contribution in [2.24, 2.45) is 5.73 Å². The van der Waals surface area contributed by atoms with Crippen LogP contribution in [0.1, 0.15) is 20.3 Å². The molecule has 5 nitrogen and oxygen atoms in total. The van der Waals surface area contributed by atoms with Gasteiger partial charge in [-0.1, -0.05) is 12.7 Å². The van der Waals surface area contributed by atoms with E-state index in [9.17, 15) is 9.59 Å². The van der Waals surface area contributed by atoms with E-state index < -0.39 is 11.9 Å². The minimum atomic E-state index is -0.907. The summed E-state index contributed by atoms with van der Waals surface area (Å²) >= 11 is 5.90. The molecule has 19 heavy (non-hydrogen) atoms. The molecule has 0 aliphatic rings. The lowest BCUT2D eigenvalue weighted by atomic mass is 10.2. The van der Waals surface area contributed by atoms with Gasteiger partial charge in [0.25, 0.3) is 0 Å². The van der Waals surface area contributed by atoms with Crippen LogP contribution in [0.25, 0.3) is 0 Å². The van der Waals surface area contributed by atoms with Gasteiger partial charge in [-0.05, 0) is 40.9 Å². The number of carboxylic acid groups (broad SMARTS) is 1. The average molecular weight is 291 g/mol. The van der Waals surface area contributed by atoms with E-state index in [1.54, 1.807) is 19.9 Å². The van der Waals surface area contributed by atoms with Gasteiger partial charge in [-0.3, -0.25) is 4.79 Å². The van der Waals surface area contributed by atoms with E-state index in [1.807, 2.05) is 19.0 Å². The summed E-state index contributed by atoms with van der Waals surface area (Å²) in [6.45, 7) is 7.26. The summed E-state index contributed by atoms with van der Waals surface area (Å²) < 4.78 is 0. The first-order valence-corrected chi connectivity index (χ1v) is 6.17. The van der Waals surface area contributed by atoms with Crippen LogP contribution < -0.4 is 5.73 Å². The van der Waals surface area contributed by atoms with Crippen LogP contribution in [0.3, 0.4) is 0 Å². The minimum absolute atomic E-state index is 0.196. The molecule has 0 rings (SSSR count). The van der Waals surface area contributed by atoms with Crippen molar-refractivity contribution in [1.29, 1.82) is 0 Å². The fraction of sp³-hybridized carbons (Fsp3) is 0.538. The molecule has 0 aromatic rings. The number of carboxylic acids is 1. The number of aliphatic carboxylic acids is 1. The molecule has 0 spiro atoms. The molecule has 0 saturated heterocycles. The third-order valence-electron chi connectivity index (χ3n) is 2.04. The molecule has 6 heteroatoms. The minimum Gasteiger partial charge on any atom is -0.478 e. The Balaban J connectivity index is 0. The fourth-order valence-corrected chi connectivity index (χ4v) is 1.09. The SMILES string of the molecule is C=C(C)C(N)=O.CC(=CC(Cl)CCN(C)C)C(=O)O. The van der Waals surface area contributed by atoms with Gasteiger partial charge in [-0.2, -0.15) is 0 Å². The van der Waals surface area contributed by atoms with Crippen molar-refractivity contribution in [2.45, 2.75) is 25.6 Å². The van der Waals surface area contributed by atoms with Gasteiger partial charge in [0, 0.05) is 11.1 Å². The smallest absolute Gasteiger partial charge is 0.330 e. The predicted molar refractivity (Wildman–Crippen MR) is 78.2 cm³/mol. The van der Waals surface area contributed by atoms with Crippen molar-refractivity contribution in [3.05, 3.63) is 23.8 Å². The summed E-state index contributed by atoms with van der Waals surface area (Å²) in [5.41, 5.74) is 5.40. The Morgan fingerprint density at radius 3 is 2.11 bits per heavy atom. The Morgan fingerprint density at radius 1 is 1.42 bits per heavy atom. The average Bonchev–Trinajstić information content (AvgIpc) is 2.26. The Kier molecular flexibility index (Phi) is 11.1. The van der Waals surface area contributed by atoms with Crippen LogP contribution in [0.15, 0.2) is 23.8 Å². The summed E-state index contributed by atoms with van der Waals surface area (Å²) in [6, 6.07) is 0. The molecule has 0 saturated carbocycles. The number of alkyl halides is 1. The normalized spacial score (nSPS) is 12.4. The van der Waals surface area contributed by atoms with Crippen LogP contribution >= 0.6 is 11.6 Å². The van der Waals surface area contributed by atoms with Crippen LogP contribution in [-0.2, 0) is 9.59 Å². The van der Waals surface area contributed by atoms with Crippen LogP contribution in [0, 0.1) is 0 Å². The largest absolute Gasteiger partial charge is 0.478 e. The van der Waals surface area contributed by atoms with Crippen molar-refractivity contribution in [3.8, 4) is 0 Å². The maximum Gasteiger partial charge on any atom is 0.330 e. The Labute approximate surface area is 119 Å². The number of nitrogens with zero attached hydrogens (tertiary/aromatic N) is 1. The van der Waals surface area contributed by atoms with Crippen LogP contribution in [-0.4, -0.2) is 47.9 Å². The van der Waals surface area contributed by atoms with Crippen molar-refractivity contribution in [3.63, 3.8) is 0 Å². The second kappa shape index (κ2) is 10.6. The second-order valence-electron chi connectivity index (χ2n) is 4.41. The number of nitrogens with two attached hydrogens (primary N) is 1. The third-order valence-corrected chi connectivity index (χ3v) is 2.39. The lowest BCUT2D eigenvalue weighted by Crippen LogP contribution is -2.16. The highest BCUT2D eigenvalue weighted by Gasteiger charge is 2.05. The second-order valence-corrected chi connectivity index (χ2v) is 4.97. The van der Waals surface area contributed by atoms with E-state index in [0.717, 1.165) is 13.0 Å². The molecule has 1 atom stereocenters. The van der Waals surface area contributed by atoms with Crippen molar-refractivity contribution >= 4 is 23.5 Å². The van der Waals surface area contributed by atoms with Gasteiger partial charge in [0.1, 0.15) is 0 Å². The molecule has 0 bridgehead atoms. The van der Waals surface area contributed by atoms with Crippen molar-refractivity contribution < 1.29 is 14.7 Å². The molecule has 0 fully saturated rings. The van der Waals surface area contributed by atoms with Crippen LogP contribution in [0.5, 0.6) is 0 Å². The van der Waals surface area contributed by atoms with Crippen molar-refractivity contribution in [1.82, 2.24) is 4.90 Å². The van der Waals surface area contributed by atoms with E-state index in [4.69, 9.17) is 22.4 Å². The van der Waals surface area contributed by atoms with E-state index in [0.29, 0.717) is 11.1 Å². The molecule has 110 valence electrons. The molecule has 0 aromatic carbocycles. The molecule has 0 aliphatic carbocycles. The van der Waals surface area contributed by atoms with E-state index >= 15 is 0 Å². The first kappa shape index (κ1) is 20.0. The predicted octanol–water partition coefficient (Wildman–Crippen LogP) is 1.62. The van der Waals surface area contributed by atoms with Crippen molar-refractivity contribution in [2.75, 3.05) is 20.6 Å². The van der Waals surface area contributed by atoms with E-state index in [-0.39, 0.29) is 5.38 Å². The van der Waals surface area contributed by atoms with E-state index in [2.05, 4.69) is 6.58 Å². The standard InChI is InChI=1S/C9H16ClNO2.C4H7NO/c1-7(9(12)13)6-8(10)4-5-11(2)3;1-3(2)4(5)6/h6,8H,4-5H2,1-3H3,(H,12,13);1H2,2H3,(H2,5,6). The maximum atomic E-state index is 10.4. The van der Waals surface area contributed by atoms with Gasteiger partial charge in [0.2, 0.25) is 5.91 Å². The summed E-state index contributed by atoms with van der Waals surface area (Å²) in [7, 11) is 3.91. The number of carbonyl (C=O) groups excluding carboxylic acids is 1. The number of hydrogen-bond donors (Lipinski definition) is 2. The molecule has 0 heterocycles. The zero-order valence-electron chi connectivity index (χ0n) is 11.9.